The fraction of sp³-hybridized carbons (Fsp3) is 0.423. The zero-order valence-electron chi connectivity index (χ0n) is 22.4. The van der Waals surface area contributed by atoms with Crippen molar-refractivity contribution in [3.8, 4) is 11.5 Å². The third kappa shape index (κ3) is 10.2. The Hall–Kier alpha value is -3.36. The number of nitrogens with one attached hydrogen (secondary N) is 3. The van der Waals surface area contributed by atoms with Crippen LogP contribution in [0.4, 0.5) is 22.0 Å². The van der Waals surface area contributed by atoms with Crippen LogP contribution in [-0.4, -0.2) is 67.3 Å². The minimum atomic E-state index is -4.98. The van der Waals surface area contributed by atoms with E-state index in [9.17, 15) is 41.4 Å². The van der Waals surface area contributed by atoms with E-state index in [2.05, 4.69) is 10.6 Å². The molecule has 0 heterocycles. The van der Waals surface area contributed by atoms with Gasteiger partial charge in [0.15, 0.2) is 6.61 Å². The van der Waals surface area contributed by atoms with Crippen molar-refractivity contribution >= 4 is 40.9 Å². The van der Waals surface area contributed by atoms with Gasteiger partial charge in [-0.3, -0.25) is 14.4 Å². The van der Waals surface area contributed by atoms with Crippen LogP contribution in [0.25, 0.3) is 0 Å². The zero-order chi connectivity index (χ0) is 31.8. The quantitative estimate of drug-likeness (QED) is 0.244. The molecule has 0 saturated heterocycles. The Labute approximate surface area is 247 Å². The molecular formula is C26H28Cl2F5N3O6. The Kier molecular flexibility index (Phi) is 12.2. The van der Waals surface area contributed by atoms with Crippen molar-refractivity contribution in [2.45, 2.75) is 44.1 Å². The maximum Gasteiger partial charge on any atom is 0.405 e. The SMILES string of the molecule is COc1ccc([C@H](NC(=O)COc2cc(Cl)cc(Cl)c2)C(=O)N[C@@H](C(C)C)[C@@H](O)C(F)(F)C(=O)NCC(F)(F)F)cc1. The second-order valence-corrected chi connectivity index (χ2v) is 10.2. The van der Waals surface area contributed by atoms with Crippen LogP contribution in [0.2, 0.25) is 10.0 Å². The van der Waals surface area contributed by atoms with Crippen molar-refractivity contribution in [2.24, 2.45) is 5.92 Å². The Balaban J connectivity index is 2.27. The van der Waals surface area contributed by atoms with E-state index >= 15 is 0 Å². The lowest BCUT2D eigenvalue weighted by Gasteiger charge is -2.33. The van der Waals surface area contributed by atoms with Crippen molar-refractivity contribution in [1.29, 1.82) is 0 Å². The molecule has 0 bridgehead atoms. The standard InChI is InChI=1S/C26H28Cl2F5N3O6/c1-13(2)20(22(38)26(32,33)24(40)34-12-25(29,30)31)36-23(39)21(14-4-6-17(41-3)7-5-14)35-19(37)11-42-18-9-15(27)8-16(28)10-18/h4-10,13,20-22,38H,11-12H2,1-3H3,(H,34,40)(H,35,37)(H,36,39)/t20-,21-,22+/m0/s1. The van der Waals surface area contributed by atoms with Crippen LogP contribution in [0.3, 0.4) is 0 Å². The highest BCUT2D eigenvalue weighted by molar-refractivity contribution is 6.34. The van der Waals surface area contributed by atoms with Gasteiger partial charge in [0.05, 0.1) is 13.2 Å². The number of aliphatic hydroxyl groups is 1. The summed E-state index contributed by atoms with van der Waals surface area (Å²) >= 11 is 11.8. The number of hydrogen-bond acceptors (Lipinski definition) is 6. The third-order valence-electron chi connectivity index (χ3n) is 5.71. The number of rotatable bonds is 13. The number of alkyl halides is 5. The second kappa shape index (κ2) is 14.7. The monoisotopic (exact) mass is 643 g/mol. The molecular weight excluding hydrogens is 616 g/mol. The fourth-order valence-electron chi connectivity index (χ4n) is 3.58. The van der Waals surface area contributed by atoms with Gasteiger partial charge in [-0.15, -0.1) is 0 Å². The Morgan fingerprint density at radius 3 is 2.00 bits per heavy atom. The molecule has 3 atom stereocenters. The topological polar surface area (TPSA) is 126 Å². The molecule has 16 heteroatoms. The summed E-state index contributed by atoms with van der Waals surface area (Å²) in [5.74, 6) is -9.44. The van der Waals surface area contributed by atoms with E-state index in [0.717, 1.165) is 5.32 Å². The van der Waals surface area contributed by atoms with E-state index in [0.29, 0.717) is 5.75 Å². The van der Waals surface area contributed by atoms with E-state index < -0.39 is 67.1 Å². The average molecular weight is 644 g/mol. The number of amides is 3. The van der Waals surface area contributed by atoms with Crippen molar-refractivity contribution in [2.75, 3.05) is 20.3 Å². The molecule has 9 nitrogen and oxygen atoms in total. The number of ether oxygens (including phenoxy) is 2. The number of aliphatic hydroxyl groups excluding tert-OH is 1. The first kappa shape index (κ1) is 34.8. The number of carbonyl (C=O) groups is 3. The van der Waals surface area contributed by atoms with E-state index in [-0.39, 0.29) is 21.4 Å². The number of carbonyl (C=O) groups excluding carboxylic acids is 3. The highest BCUT2D eigenvalue weighted by Crippen LogP contribution is 2.27. The van der Waals surface area contributed by atoms with Crippen LogP contribution in [0, 0.1) is 5.92 Å². The van der Waals surface area contributed by atoms with Gasteiger partial charge >= 0.3 is 12.1 Å². The van der Waals surface area contributed by atoms with Crippen LogP contribution in [-0.2, 0) is 14.4 Å². The van der Waals surface area contributed by atoms with Crippen molar-refractivity contribution in [3.63, 3.8) is 0 Å². The van der Waals surface area contributed by atoms with Gasteiger partial charge in [0.25, 0.3) is 11.8 Å². The molecule has 0 aliphatic rings. The van der Waals surface area contributed by atoms with E-state index in [4.69, 9.17) is 32.7 Å². The number of hydrogen-bond donors (Lipinski definition) is 4. The average Bonchev–Trinajstić information content (AvgIpc) is 2.90. The first-order valence-electron chi connectivity index (χ1n) is 12.2. The lowest BCUT2D eigenvalue weighted by molar-refractivity contribution is -0.175. The summed E-state index contributed by atoms with van der Waals surface area (Å²) in [6.45, 7) is -0.0300. The van der Waals surface area contributed by atoms with Crippen LogP contribution < -0.4 is 25.4 Å². The minimum absolute atomic E-state index is 0.141. The molecule has 0 spiro atoms. The summed E-state index contributed by atoms with van der Waals surface area (Å²) in [5, 5.41) is 16.4. The molecule has 2 aromatic rings. The summed E-state index contributed by atoms with van der Waals surface area (Å²) in [6.07, 6.45) is -7.91. The lowest BCUT2D eigenvalue weighted by atomic mass is 9.93. The number of benzene rings is 2. The molecule has 0 radical (unpaired) electrons. The zero-order valence-corrected chi connectivity index (χ0v) is 23.9. The van der Waals surface area contributed by atoms with E-state index in [1.807, 2.05) is 0 Å². The summed E-state index contributed by atoms with van der Waals surface area (Å²) < 4.78 is 77.0. The fourth-order valence-corrected chi connectivity index (χ4v) is 4.08. The molecule has 0 unspecified atom stereocenters. The minimum Gasteiger partial charge on any atom is -0.497 e. The Bertz CT molecular complexity index is 1230. The Morgan fingerprint density at radius 2 is 1.50 bits per heavy atom. The molecule has 2 aromatic carbocycles. The van der Waals surface area contributed by atoms with Gasteiger partial charge in [-0.25, -0.2) is 0 Å². The van der Waals surface area contributed by atoms with Gasteiger partial charge in [0.1, 0.15) is 30.2 Å². The van der Waals surface area contributed by atoms with Gasteiger partial charge in [0.2, 0.25) is 5.91 Å². The number of halogens is 7. The number of methoxy groups -OCH3 is 1. The van der Waals surface area contributed by atoms with Crippen molar-refractivity contribution in [1.82, 2.24) is 16.0 Å². The van der Waals surface area contributed by atoms with Crippen LogP contribution in [0.15, 0.2) is 42.5 Å². The molecule has 4 N–H and O–H groups in total. The molecule has 0 fully saturated rings. The summed E-state index contributed by atoms with van der Waals surface area (Å²) in [6, 6.07) is 6.55. The van der Waals surface area contributed by atoms with Gasteiger partial charge < -0.3 is 30.5 Å². The Morgan fingerprint density at radius 1 is 0.929 bits per heavy atom. The molecule has 0 saturated carbocycles. The smallest absolute Gasteiger partial charge is 0.405 e. The predicted octanol–water partition coefficient (Wildman–Crippen LogP) is 4.05. The van der Waals surface area contributed by atoms with Crippen LogP contribution in [0.5, 0.6) is 11.5 Å². The van der Waals surface area contributed by atoms with Crippen LogP contribution in [0.1, 0.15) is 25.5 Å². The highest BCUT2D eigenvalue weighted by atomic mass is 35.5. The van der Waals surface area contributed by atoms with Gasteiger partial charge in [-0.05, 0) is 41.8 Å². The predicted molar refractivity (Wildman–Crippen MR) is 143 cm³/mol. The molecule has 0 aliphatic carbocycles. The maximum absolute atomic E-state index is 14.7. The highest BCUT2D eigenvalue weighted by Gasteiger charge is 2.52. The third-order valence-corrected chi connectivity index (χ3v) is 6.15. The first-order valence-corrected chi connectivity index (χ1v) is 12.9. The van der Waals surface area contributed by atoms with Crippen molar-refractivity contribution in [3.05, 3.63) is 58.1 Å². The lowest BCUT2D eigenvalue weighted by Crippen LogP contribution is -2.60. The first-order chi connectivity index (χ1) is 19.4. The summed E-state index contributed by atoms with van der Waals surface area (Å²) in [5.41, 5.74) is 0.166. The largest absolute Gasteiger partial charge is 0.497 e. The van der Waals surface area contributed by atoms with Gasteiger partial charge in [0, 0.05) is 10.0 Å². The van der Waals surface area contributed by atoms with Gasteiger partial charge in [-0.1, -0.05) is 49.2 Å². The van der Waals surface area contributed by atoms with E-state index in [1.54, 1.807) is 0 Å². The van der Waals surface area contributed by atoms with Crippen LogP contribution >= 0.6 is 23.2 Å². The van der Waals surface area contributed by atoms with E-state index in [1.165, 1.54) is 63.4 Å². The normalized spacial score (nSPS) is 14.0. The second-order valence-electron chi connectivity index (χ2n) is 9.31. The molecule has 0 aliphatic heterocycles. The molecule has 2 rings (SSSR count). The van der Waals surface area contributed by atoms with Crippen molar-refractivity contribution < 1.29 is 50.9 Å². The molecule has 232 valence electrons. The summed E-state index contributed by atoms with van der Waals surface area (Å²) in [4.78, 5) is 37.9. The van der Waals surface area contributed by atoms with Gasteiger partial charge in [-0.2, -0.15) is 22.0 Å². The summed E-state index contributed by atoms with van der Waals surface area (Å²) in [7, 11) is 1.39. The molecule has 42 heavy (non-hydrogen) atoms. The molecule has 0 aromatic heterocycles. The maximum atomic E-state index is 14.7. The molecule has 3 amide bonds.